The number of aromatic nitrogens is 3. The molecule has 2 saturated heterocycles. The fraction of sp³-hybridized carbons (Fsp3) is 0.500. The Bertz CT molecular complexity index is 1640. The van der Waals surface area contributed by atoms with Crippen LogP contribution in [-0.4, -0.2) is 92.9 Å². The fourth-order valence-corrected chi connectivity index (χ4v) is 6.95. The molecule has 8 atom stereocenters. The van der Waals surface area contributed by atoms with Crippen LogP contribution in [0.3, 0.4) is 0 Å². The lowest BCUT2D eigenvalue weighted by Gasteiger charge is -2.35. The molecule has 0 spiro atoms. The molecule has 2 fully saturated rings. The van der Waals surface area contributed by atoms with Crippen LogP contribution in [0.5, 0.6) is 5.75 Å². The Hall–Kier alpha value is -3.75. The maximum absolute atomic E-state index is 14.7. The van der Waals surface area contributed by atoms with Crippen LogP contribution in [0.15, 0.2) is 48.8 Å². The highest BCUT2D eigenvalue weighted by atomic mass is 31.2. The maximum atomic E-state index is 14.7. The van der Waals surface area contributed by atoms with Crippen molar-refractivity contribution < 1.29 is 51.8 Å². The average molecular weight is 667 g/mol. The molecule has 6 N–H and O–H groups in total. The van der Waals surface area contributed by atoms with Gasteiger partial charge < -0.3 is 34.8 Å². The number of quaternary nitrogens is 1. The molecule has 4 heterocycles. The van der Waals surface area contributed by atoms with Crippen molar-refractivity contribution in [2.75, 3.05) is 32.0 Å². The predicted molar refractivity (Wildman–Crippen MR) is 155 cm³/mol. The summed E-state index contributed by atoms with van der Waals surface area (Å²) in [5, 5.41) is 38.5. The first-order valence-corrected chi connectivity index (χ1v) is 16.1. The van der Waals surface area contributed by atoms with E-state index in [4.69, 9.17) is 24.3 Å². The van der Waals surface area contributed by atoms with E-state index in [1.165, 1.54) is 36.0 Å². The molecule has 5 rings (SSSR count). The standard InChI is InChI=1S/C28H34F2N7O8P/c1-3-36-12-11-21(28(29,30)14-36)43-26(40)17(2)35-46(41,45-18-7-5-4-6-8-18)42-15-27(13-31)24(39)22(38)23(44-27)19-9-10-20-25(32)33-16-34-37(19)20/h4-10,16-17,21-24,38-39H,3,11-12,14-15H2,1-2H3,(H,35,41)(H2,32,33,34)/p+1/t17-,21?,22-,23-,24-,27+,46?/m0/s1. The number of carbonyl (C=O) groups is 1. The number of rotatable bonds is 11. The number of benzene rings is 1. The molecule has 2 aliphatic rings. The lowest BCUT2D eigenvalue weighted by molar-refractivity contribution is -0.913. The zero-order chi connectivity index (χ0) is 33.3. The number of piperidine rings is 1. The minimum absolute atomic E-state index is 0.0362. The number of nitrogens with one attached hydrogen (secondary N) is 2. The molecule has 3 unspecified atom stereocenters. The summed E-state index contributed by atoms with van der Waals surface area (Å²) in [6.45, 7) is 2.48. The molecule has 1 aromatic carbocycles. The first-order valence-electron chi connectivity index (χ1n) is 14.5. The first-order chi connectivity index (χ1) is 21.8. The van der Waals surface area contributed by atoms with Gasteiger partial charge in [0.15, 0.2) is 11.9 Å². The van der Waals surface area contributed by atoms with Crippen LogP contribution in [0, 0.1) is 11.3 Å². The van der Waals surface area contributed by atoms with Crippen molar-refractivity contribution in [3.8, 4) is 11.8 Å². The quantitative estimate of drug-likeness (QED) is 0.139. The smallest absolute Gasteiger partial charge is 0.454 e. The van der Waals surface area contributed by atoms with Crippen molar-refractivity contribution in [3.63, 3.8) is 0 Å². The van der Waals surface area contributed by atoms with Crippen LogP contribution in [0.1, 0.15) is 32.1 Å². The summed E-state index contributed by atoms with van der Waals surface area (Å²) in [5.74, 6) is -4.23. The van der Waals surface area contributed by atoms with E-state index in [-0.39, 0.29) is 23.7 Å². The number of likely N-dealkylation sites (tertiary alicyclic amines) is 1. The Morgan fingerprint density at radius 1 is 1.33 bits per heavy atom. The summed E-state index contributed by atoms with van der Waals surface area (Å²) in [7, 11) is -4.64. The molecular formula is C28H35F2N7O8P+. The third-order valence-corrected chi connectivity index (χ3v) is 9.66. The highest BCUT2D eigenvalue weighted by molar-refractivity contribution is 7.52. The second kappa shape index (κ2) is 13.2. The average Bonchev–Trinajstić information content (AvgIpc) is 3.57. The molecule has 0 saturated carbocycles. The van der Waals surface area contributed by atoms with Gasteiger partial charge in [-0.05, 0) is 38.1 Å². The van der Waals surface area contributed by atoms with Crippen molar-refractivity contribution in [1.29, 1.82) is 5.26 Å². The Balaban J connectivity index is 1.34. The molecule has 3 aromatic rings. The molecule has 0 aliphatic carbocycles. The molecule has 0 radical (unpaired) electrons. The number of alkyl halides is 2. The van der Waals surface area contributed by atoms with E-state index < -0.39 is 68.8 Å². The van der Waals surface area contributed by atoms with Crippen LogP contribution >= 0.6 is 7.75 Å². The number of anilines is 1. The van der Waals surface area contributed by atoms with Crippen LogP contribution in [0.2, 0.25) is 0 Å². The molecule has 2 aliphatic heterocycles. The zero-order valence-electron chi connectivity index (χ0n) is 25.0. The van der Waals surface area contributed by atoms with Gasteiger partial charge in [-0.25, -0.2) is 14.1 Å². The summed E-state index contributed by atoms with van der Waals surface area (Å²) in [6, 6.07) is 11.1. The Morgan fingerprint density at radius 2 is 2.07 bits per heavy atom. The van der Waals surface area contributed by atoms with Gasteiger partial charge in [0.1, 0.15) is 61.2 Å². The predicted octanol–water partition coefficient (Wildman–Crippen LogP) is 0.404. The normalized spacial score (nSPS) is 29.5. The number of hydrogen-bond acceptors (Lipinski definition) is 12. The largest absolute Gasteiger partial charge is 0.459 e. The van der Waals surface area contributed by atoms with Crippen LogP contribution in [0.4, 0.5) is 14.6 Å². The number of hydrogen-bond donors (Lipinski definition) is 5. The lowest BCUT2D eigenvalue weighted by Crippen LogP contribution is -3.15. The van der Waals surface area contributed by atoms with Gasteiger partial charge in [-0.1, -0.05) is 18.2 Å². The van der Waals surface area contributed by atoms with E-state index in [9.17, 15) is 33.6 Å². The summed E-state index contributed by atoms with van der Waals surface area (Å²) in [5.41, 5.74) is 4.21. The van der Waals surface area contributed by atoms with E-state index >= 15 is 0 Å². The Morgan fingerprint density at radius 3 is 2.74 bits per heavy atom. The molecule has 46 heavy (non-hydrogen) atoms. The lowest BCUT2D eigenvalue weighted by atomic mass is 9.96. The monoisotopic (exact) mass is 666 g/mol. The number of nitriles is 1. The number of nitrogens with zero attached hydrogens (tertiary/aromatic N) is 4. The fourth-order valence-electron chi connectivity index (χ4n) is 5.43. The number of halogens is 2. The molecule has 248 valence electrons. The second-order valence-corrected chi connectivity index (χ2v) is 12.9. The van der Waals surface area contributed by atoms with E-state index in [2.05, 4.69) is 15.2 Å². The third kappa shape index (κ3) is 6.69. The van der Waals surface area contributed by atoms with E-state index in [1.807, 2.05) is 0 Å². The number of para-hydroxylation sites is 1. The van der Waals surface area contributed by atoms with Gasteiger partial charge in [0.2, 0.25) is 5.60 Å². The van der Waals surface area contributed by atoms with Gasteiger partial charge in [-0.2, -0.15) is 24.2 Å². The first kappa shape index (κ1) is 33.6. The molecule has 18 heteroatoms. The third-order valence-electron chi connectivity index (χ3n) is 8.04. The minimum Gasteiger partial charge on any atom is -0.454 e. The number of fused-ring (bicyclic) bond motifs is 1. The SMILES string of the molecule is CC[NH+]1CCC(OC(=O)[C@H](C)NP(=O)(OC[C@@]2(C#N)O[C@@H](c3ccc4c(N)ncnn34)[C@H](O)[C@@H]2O)Oc2ccccc2)C(F)(F)C1. The molecule has 2 aromatic heterocycles. The van der Waals surface area contributed by atoms with Crippen LogP contribution in [-0.2, 0) is 23.4 Å². The Kier molecular flexibility index (Phi) is 9.62. The van der Waals surface area contributed by atoms with Gasteiger partial charge in [0, 0.05) is 6.42 Å². The van der Waals surface area contributed by atoms with Gasteiger partial charge in [0.25, 0.3) is 0 Å². The number of ether oxygens (including phenoxy) is 2. The summed E-state index contributed by atoms with van der Waals surface area (Å²) in [4.78, 5) is 17.5. The summed E-state index contributed by atoms with van der Waals surface area (Å²) in [6.07, 6.45) is -5.43. The highest BCUT2D eigenvalue weighted by Crippen LogP contribution is 2.48. The second-order valence-electron chi connectivity index (χ2n) is 11.2. The maximum Gasteiger partial charge on any atom is 0.459 e. The zero-order valence-corrected chi connectivity index (χ0v) is 25.8. The van der Waals surface area contributed by atoms with Crippen LogP contribution in [0.25, 0.3) is 5.52 Å². The van der Waals surface area contributed by atoms with Crippen molar-refractivity contribution in [1.82, 2.24) is 19.7 Å². The van der Waals surface area contributed by atoms with Gasteiger partial charge in [-0.15, -0.1) is 0 Å². The van der Waals surface area contributed by atoms with E-state index in [0.29, 0.717) is 23.5 Å². The highest BCUT2D eigenvalue weighted by Gasteiger charge is 2.57. The number of esters is 1. The summed E-state index contributed by atoms with van der Waals surface area (Å²) < 4.78 is 67.0. The number of nitrogen functional groups attached to an aromatic ring is 1. The number of nitrogens with two attached hydrogens (primary N) is 1. The topological polar surface area (TPSA) is 208 Å². The molecule has 15 nitrogen and oxygen atoms in total. The van der Waals surface area contributed by atoms with E-state index in [1.54, 1.807) is 37.3 Å². The molecular weight excluding hydrogens is 631 g/mol. The van der Waals surface area contributed by atoms with Crippen molar-refractivity contribution >= 4 is 25.1 Å². The molecule has 0 bridgehead atoms. The number of carbonyl (C=O) groups excluding carboxylic acids is 1. The molecule has 0 amide bonds. The van der Waals surface area contributed by atoms with Crippen molar-refractivity contribution in [3.05, 3.63) is 54.5 Å². The number of aliphatic hydroxyl groups is 2. The van der Waals surface area contributed by atoms with Gasteiger partial charge in [-0.3, -0.25) is 9.32 Å². The van der Waals surface area contributed by atoms with E-state index in [0.717, 1.165) is 0 Å². The van der Waals surface area contributed by atoms with Crippen molar-refractivity contribution in [2.45, 2.75) is 62.2 Å². The van der Waals surface area contributed by atoms with Gasteiger partial charge >= 0.3 is 19.6 Å². The van der Waals surface area contributed by atoms with Crippen molar-refractivity contribution in [2.24, 2.45) is 0 Å². The number of aliphatic hydroxyl groups excluding tert-OH is 2. The Labute approximate surface area is 262 Å². The van der Waals surface area contributed by atoms with Crippen LogP contribution < -0.4 is 20.2 Å². The van der Waals surface area contributed by atoms with Gasteiger partial charge in [0.05, 0.1) is 18.8 Å². The minimum atomic E-state index is -4.64. The summed E-state index contributed by atoms with van der Waals surface area (Å²) >= 11 is 0.